The summed E-state index contributed by atoms with van der Waals surface area (Å²) in [7, 11) is 0. The van der Waals surface area contributed by atoms with Crippen LogP contribution in [0.3, 0.4) is 0 Å². The lowest BCUT2D eigenvalue weighted by molar-refractivity contribution is -0.131. The Morgan fingerprint density at radius 1 is 1.10 bits per heavy atom. The van der Waals surface area contributed by atoms with Crippen LogP contribution in [0.5, 0.6) is 5.75 Å². The van der Waals surface area contributed by atoms with Gasteiger partial charge in [-0.15, -0.1) is 0 Å². The summed E-state index contributed by atoms with van der Waals surface area (Å²) in [5.41, 5.74) is 1.90. The third-order valence-corrected chi connectivity index (χ3v) is 3.38. The number of rotatable bonds is 4. The van der Waals surface area contributed by atoms with E-state index in [1.54, 1.807) is 36.4 Å². The van der Waals surface area contributed by atoms with Gasteiger partial charge in [0.1, 0.15) is 5.75 Å². The maximum absolute atomic E-state index is 12.5. The molecule has 0 atom stereocenters. The lowest BCUT2D eigenvalue weighted by atomic mass is 10.0. The van der Waals surface area contributed by atoms with E-state index >= 15 is 0 Å². The predicted molar refractivity (Wildman–Crippen MR) is 80.3 cm³/mol. The fourth-order valence-electron chi connectivity index (χ4n) is 1.83. The van der Waals surface area contributed by atoms with Crippen LogP contribution in [0.4, 0.5) is 0 Å². The molecule has 0 amide bonds. The summed E-state index contributed by atoms with van der Waals surface area (Å²) in [4.78, 5) is 23.6. The number of esters is 1. The fourth-order valence-corrected chi connectivity index (χ4v) is 2.18. The molecule has 0 N–H and O–H groups in total. The lowest BCUT2D eigenvalue weighted by Gasteiger charge is -2.09. The zero-order valence-electron chi connectivity index (χ0n) is 10.9. The minimum Gasteiger partial charge on any atom is -0.426 e. The molecule has 20 heavy (non-hydrogen) atoms. The lowest BCUT2D eigenvalue weighted by Crippen LogP contribution is -2.09. The third kappa shape index (κ3) is 3.33. The van der Waals surface area contributed by atoms with Crippen LogP contribution in [0, 0.1) is 0 Å². The van der Waals surface area contributed by atoms with Crippen molar-refractivity contribution in [3.05, 3.63) is 65.2 Å². The number of hydrogen-bond donors (Lipinski definition) is 0. The van der Waals surface area contributed by atoms with Gasteiger partial charge < -0.3 is 4.74 Å². The van der Waals surface area contributed by atoms with Crippen molar-refractivity contribution < 1.29 is 14.3 Å². The molecule has 0 aliphatic carbocycles. The van der Waals surface area contributed by atoms with Gasteiger partial charge in [-0.3, -0.25) is 9.59 Å². The quantitative estimate of drug-likeness (QED) is 0.371. The Bertz CT molecular complexity index is 635. The summed E-state index contributed by atoms with van der Waals surface area (Å²) in [5.74, 6) is -0.320. The highest BCUT2D eigenvalue weighted by atomic mass is 79.9. The number of halogens is 1. The molecular weight excluding hydrogens is 320 g/mol. The van der Waals surface area contributed by atoms with Gasteiger partial charge in [0.2, 0.25) is 0 Å². The number of hydrogen-bond acceptors (Lipinski definition) is 3. The van der Waals surface area contributed by atoms with Crippen LogP contribution >= 0.6 is 15.9 Å². The van der Waals surface area contributed by atoms with E-state index in [2.05, 4.69) is 15.9 Å². The SMILES string of the molecule is CC(=O)Oc1ccc(CBr)cc1C(=O)c1ccccc1. The summed E-state index contributed by atoms with van der Waals surface area (Å²) < 4.78 is 5.11. The van der Waals surface area contributed by atoms with E-state index in [1.807, 2.05) is 12.1 Å². The first-order valence-corrected chi connectivity index (χ1v) is 7.21. The zero-order chi connectivity index (χ0) is 14.5. The molecule has 102 valence electrons. The van der Waals surface area contributed by atoms with Gasteiger partial charge in [0.25, 0.3) is 0 Å². The molecule has 0 fully saturated rings. The van der Waals surface area contributed by atoms with Crippen LogP contribution in [-0.2, 0) is 10.1 Å². The van der Waals surface area contributed by atoms with Gasteiger partial charge in [0.15, 0.2) is 5.78 Å². The van der Waals surface area contributed by atoms with Crippen molar-refractivity contribution in [2.24, 2.45) is 0 Å². The van der Waals surface area contributed by atoms with Gasteiger partial charge in [-0.05, 0) is 17.7 Å². The molecule has 0 aliphatic rings. The minimum absolute atomic E-state index is 0.162. The highest BCUT2D eigenvalue weighted by molar-refractivity contribution is 9.08. The molecule has 0 aliphatic heterocycles. The Kier molecular flexibility index (Phi) is 4.69. The number of benzene rings is 2. The third-order valence-electron chi connectivity index (χ3n) is 2.73. The van der Waals surface area contributed by atoms with Gasteiger partial charge in [0, 0.05) is 17.8 Å². The van der Waals surface area contributed by atoms with Crippen molar-refractivity contribution in [2.45, 2.75) is 12.3 Å². The molecule has 2 rings (SSSR count). The highest BCUT2D eigenvalue weighted by Gasteiger charge is 2.16. The molecule has 4 heteroatoms. The van der Waals surface area contributed by atoms with Gasteiger partial charge in [-0.1, -0.05) is 52.3 Å². The second kappa shape index (κ2) is 6.48. The summed E-state index contributed by atoms with van der Waals surface area (Å²) in [6.45, 7) is 1.31. The number of carbonyl (C=O) groups excluding carboxylic acids is 2. The van der Waals surface area contributed by atoms with E-state index in [0.29, 0.717) is 16.5 Å². The van der Waals surface area contributed by atoms with Gasteiger partial charge in [-0.2, -0.15) is 0 Å². The van der Waals surface area contributed by atoms with Crippen molar-refractivity contribution in [3.8, 4) is 5.75 Å². The van der Waals surface area contributed by atoms with E-state index in [0.717, 1.165) is 5.56 Å². The number of carbonyl (C=O) groups is 2. The van der Waals surface area contributed by atoms with E-state index in [9.17, 15) is 9.59 Å². The monoisotopic (exact) mass is 332 g/mol. The molecule has 0 aromatic heterocycles. The van der Waals surface area contributed by atoms with Crippen molar-refractivity contribution >= 4 is 27.7 Å². The van der Waals surface area contributed by atoms with Crippen LogP contribution in [0.1, 0.15) is 28.4 Å². The number of ether oxygens (including phenoxy) is 1. The standard InChI is InChI=1S/C16H13BrO3/c1-11(18)20-15-8-7-12(10-17)9-14(15)16(19)13-5-3-2-4-6-13/h2-9H,10H2,1H3. The minimum atomic E-state index is -0.446. The first-order valence-electron chi connectivity index (χ1n) is 6.09. The Balaban J connectivity index is 2.47. The molecule has 0 heterocycles. The molecule has 0 spiro atoms. The maximum atomic E-state index is 12.5. The maximum Gasteiger partial charge on any atom is 0.308 e. The molecule has 0 unspecified atom stereocenters. The van der Waals surface area contributed by atoms with Crippen LogP contribution in [0.15, 0.2) is 48.5 Å². The summed E-state index contributed by atoms with van der Waals surface area (Å²) in [6, 6.07) is 14.1. The molecule has 0 radical (unpaired) electrons. The van der Waals surface area contributed by atoms with E-state index in [-0.39, 0.29) is 11.5 Å². The van der Waals surface area contributed by atoms with E-state index < -0.39 is 5.97 Å². The Labute approximate surface area is 125 Å². The van der Waals surface area contributed by atoms with E-state index in [4.69, 9.17) is 4.74 Å². The summed E-state index contributed by atoms with van der Waals surface area (Å²) >= 11 is 3.35. The van der Waals surface area contributed by atoms with Crippen LogP contribution in [0.25, 0.3) is 0 Å². The molecule has 0 saturated heterocycles. The van der Waals surface area contributed by atoms with Crippen LogP contribution in [0.2, 0.25) is 0 Å². The smallest absolute Gasteiger partial charge is 0.308 e. The van der Waals surface area contributed by atoms with Crippen molar-refractivity contribution in [1.29, 1.82) is 0 Å². The van der Waals surface area contributed by atoms with Gasteiger partial charge in [0.05, 0.1) is 5.56 Å². The molecule has 2 aromatic rings. The van der Waals surface area contributed by atoms with Crippen LogP contribution in [-0.4, -0.2) is 11.8 Å². The van der Waals surface area contributed by atoms with Crippen molar-refractivity contribution in [2.75, 3.05) is 0 Å². The molecule has 0 saturated carbocycles. The summed E-state index contributed by atoms with van der Waals surface area (Å²) in [5, 5.41) is 0.627. The first-order chi connectivity index (χ1) is 9.61. The highest BCUT2D eigenvalue weighted by Crippen LogP contribution is 2.24. The average molecular weight is 333 g/mol. The second-order valence-corrected chi connectivity index (χ2v) is 4.81. The zero-order valence-corrected chi connectivity index (χ0v) is 12.5. The predicted octanol–water partition coefficient (Wildman–Crippen LogP) is 3.74. The first kappa shape index (κ1) is 14.5. The molecule has 3 nitrogen and oxygen atoms in total. The van der Waals surface area contributed by atoms with Crippen molar-refractivity contribution in [3.63, 3.8) is 0 Å². The normalized spacial score (nSPS) is 10.1. The molecular formula is C16H13BrO3. The Hall–Kier alpha value is -1.94. The second-order valence-electron chi connectivity index (χ2n) is 4.25. The van der Waals surface area contributed by atoms with Gasteiger partial charge in [-0.25, -0.2) is 0 Å². The topological polar surface area (TPSA) is 43.4 Å². The molecule has 2 aromatic carbocycles. The average Bonchev–Trinajstić information content (AvgIpc) is 2.47. The largest absolute Gasteiger partial charge is 0.426 e. The van der Waals surface area contributed by atoms with Gasteiger partial charge >= 0.3 is 5.97 Å². The summed E-state index contributed by atoms with van der Waals surface area (Å²) in [6.07, 6.45) is 0. The molecule has 0 bridgehead atoms. The number of alkyl halides is 1. The number of ketones is 1. The van der Waals surface area contributed by atoms with E-state index in [1.165, 1.54) is 6.92 Å². The van der Waals surface area contributed by atoms with Crippen LogP contribution < -0.4 is 4.74 Å². The fraction of sp³-hybridized carbons (Fsp3) is 0.125. The van der Waals surface area contributed by atoms with Crippen molar-refractivity contribution in [1.82, 2.24) is 0 Å². The Morgan fingerprint density at radius 2 is 1.80 bits per heavy atom. The Morgan fingerprint density at radius 3 is 2.40 bits per heavy atom.